The van der Waals surface area contributed by atoms with Gasteiger partial charge in [0.15, 0.2) is 5.82 Å². The summed E-state index contributed by atoms with van der Waals surface area (Å²) in [5.41, 5.74) is 0.0578. The third-order valence-corrected chi connectivity index (χ3v) is 5.69. The Morgan fingerprint density at radius 2 is 1.79 bits per heavy atom. The van der Waals surface area contributed by atoms with Gasteiger partial charge >= 0.3 is 5.92 Å². The van der Waals surface area contributed by atoms with Crippen LogP contribution in [0.3, 0.4) is 0 Å². The van der Waals surface area contributed by atoms with Gasteiger partial charge in [-0.05, 0) is 18.2 Å². The molecule has 1 aliphatic rings. The molecule has 0 spiro atoms. The third kappa shape index (κ3) is 4.97. The molecule has 0 atom stereocenters. The number of fused-ring (bicyclic) bond motifs is 1. The summed E-state index contributed by atoms with van der Waals surface area (Å²) in [7, 11) is 0. The van der Waals surface area contributed by atoms with Crippen LogP contribution in [0.2, 0.25) is 0 Å². The van der Waals surface area contributed by atoms with Gasteiger partial charge in [-0.15, -0.1) is 0 Å². The number of anilines is 2. The van der Waals surface area contributed by atoms with E-state index in [4.69, 9.17) is 5.26 Å². The minimum Gasteiger partial charge on any atom is -0.322 e. The number of amides is 2. The molecule has 38 heavy (non-hydrogen) atoms. The molecule has 9 nitrogen and oxygen atoms in total. The van der Waals surface area contributed by atoms with Crippen LogP contribution < -0.4 is 10.2 Å². The molecule has 192 valence electrons. The lowest BCUT2D eigenvalue weighted by Gasteiger charge is -2.27. The average Bonchev–Trinajstić information content (AvgIpc) is 3.40. The van der Waals surface area contributed by atoms with Crippen LogP contribution >= 0.6 is 0 Å². The standard InChI is InChI=1S/C25H17F2N7O2.C2H6/c26-25(27,17-6-2-1-3-7-17)20-14-30-21(15-29-20)33-9-10-34-22(24(33)36)19(13-31-34)23(35)32-18-8-4-5-16(11-18)12-28;1-2/h1-8,11,13-15H,9-10H2,(H,32,35);1-2H3. The van der Waals surface area contributed by atoms with Crippen LogP contribution in [0.25, 0.3) is 0 Å². The molecule has 0 bridgehead atoms. The molecule has 5 rings (SSSR count). The van der Waals surface area contributed by atoms with E-state index in [0.29, 0.717) is 11.3 Å². The summed E-state index contributed by atoms with van der Waals surface area (Å²) >= 11 is 0. The Morgan fingerprint density at radius 1 is 1.03 bits per heavy atom. The number of rotatable bonds is 5. The summed E-state index contributed by atoms with van der Waals surface area (Å²) < 4.78 is 31.0. The van der Waals surface area contributed by atoms with E-state index in [1.165, 1.54) is 46.1 Å². The van der Waals surface area contributed by atoms with Gasteiger partial charge in [0.05, 0.1) is 42.3 Å². The summed E-state index contributed by atoms with van der Waals surface area (Å²) in [6.45, 7) is 4.43. The highest BCUT2D eigenvalue weighted by atomic mass is 19.3. The van der Waals surface area contributed by atoms with Crippen LogP contribution in [0.1, 0.15) is 51.5 Å². The number of aromatic nitrogens is 4. The number of hydrogen-bond donors (Lipinski definition) is 1. The first-order valence-corrected chi connectivity index (χ1v) is 11.8. The number of alkyl halides is 2. The van der Waals surface area contributed by atoms with Gasteiger partial charge in [-0.2, -0.15) is 19.1 Å². The number of carbonyl (C=O) groups excluding carboxylic acids is 2. The largest absolute Gasteiger partial charge is 0.322 e. The molecule has 0 saturated heterocycles. The van der Waals surface area contributed by atoms with Crippen molar-refractivity contribution in [3.8, 4) is 6.07 Å². The monoisotopic (exact) mass is 515 g/mol. The Morgan fingerprint density at radius 3 is 2.47 bits per heavy atom. The van der Waals surface area contributed by atoms with Crippen LogP contribution in [0.5, 0.6) is 0 Å². The van der Waals surface area contributed by atoms with Gasteiger partial charge in [-0.25, -0.2) is 9.97 Å². The lowest BCUT2D eigenvalue weighted by Crippen LogP contribution is -2.42. The summed E-state index contributed by atoms with van der Waals surface area (Å²) in [6, 6.07) is 15.6. The third-order valence-electron chi connectivity index (χ3n) is 5.69. The molecule has 2 amide bonds. The molecule has 2 aromatic carbocycles. The quantitative estimate of drug-likeness (QED) is 0.414. The number of carbonyl (C=O) groups is 2. The van der Waals surface area contributed by atoms with Gasteiger partial charge in [0.1, 0.15) is 11.4 Å². The molecule has 0 aliphatic carbocycles. The molecule has 0 unspecified atom stereocenters. The summed E-state index contributed by atoms with van der Waals surface area (Å²) in [5.74, 6) is -4.42. The van der Waals surface area contributed by atoms with Crippen molar-refractivity contribution in [1.29, 1.82) is 5.26 Å². The maximum atomic E-state index is 14.8. The second-order valence-electron chi connectivity index (χ2n) is 7.93. The summed E-state index contributed by atoms with van der Waals surface area (Å²) in [4.78, 5) is 35.4. The molecule has 0 radical (unpaired) electrons. The molecule has 4 aromatic rings. The number of hydrogen-bond acceptors (Lipinski definition) is 6. The van der Waals surface area contributed by atoms with E-state index in [1.54, 1.807) is 24.3 Å². The second kappa shape index (κ2) is 11.0. The van der Waals surface area contributed by atoms with Crippen molar-refractivity contribution in [2.24, 2.45) is 0 Å². The number of nitrogens with zero attached hydrogens (tertiary/aromatic N) is 6. The highest BCUT2D eigenvalue weighted by molar-refractivity contribution is 6.15. The van der Waals surface area contributed by atoms with Crippen molar-refractivity contribution in [3.05, 3.63) is 101 Å². The van der Waals surface area contributed by atoms with Crippen molar-refractivity contribution in [3.63, 3.8) is 0 Å². The first-order chi connectivity index (χ1) is 18.4. The van der Waals surface area contributed by atoms with Crippen molar-refractivity contribution in [2.45, 2.75) is 26.3 Å². The number of halogens is 2. The highest BCUT2D eigenvalue weighted by Gasteiger charge is 2.37. The predicted molar refractivity (Wildman–Crippen MR) is 136 cm³/mol. The number of nitriles is 1. The Hall–Kier alpha value is -4.98. The SMILES string of the molecule is CC.N#Cc1cccc(NC(=O)c2cnn3c2C(=O)N(c2cnc(C(F)(F)c4ccccc4)cn2)CC3)c1. The van der Waals surface area contributed by atoms with Crippen LogP contribution in [0, 0.1) is 11.3 Å². The van der Waals surface area contributed by atoms with E-state index >= 15 is 0 Å². The van der Waals surface area contributed by atoms with E-state index in [0.717, 1.165) is 12.4 Å². The summed E-state index contributed by atoms with van der Waals surface area (Å²) in [6.07, 6.45) is 3.34. The molecule has 3 heterocycles. The minimum atomic E-state index is -3.36. The zero-order chi connectivity index (χ0) is 27.3. The smallest absolute Gasteiger partial charge is 0.316 e. The van der Waals surface area contributed by atoms with Gasteiger partial charge in [0.2, 0.25) is 0 Å². The van der Waals surface area contributed by atoms with Gasteiger partial charge < -0.3 is 5.32 Å². The first kappa shape index (κ1) is 26.1. The molecular weight excluding hydrogens is 492 g/mol. The van der Waals surface area contributed by atoms with Gasteiger partial charge in [0, 0.05) is 17.8 Å². The van der Waals surface area contributed by atoms with E-state index in [1.807, 2.05) is 19.9 Å². The Bertz CT molecular complexity index is 1500. The maximum absolute atomic E-state index is 14.8. The molecular formula is C27H23F2N7O2. The van der Waals surface area contributed by atoms with Crippen LogP contribution in [0.4, 0.5) is 20.3 Å². The summed E-state index contributed by atoms with van der Waals surface area (Å²) in [5, 5.41) is 15.8. The lowest BCUT2D eigenvalue weighted by molar-refractivity contribution is 0.0376. The van der Waals surface area contributed by atoms with Crippen molar-refractivity contribution < 1.29 is 18.4 Å². The Kier molecular flexibility index (Phi) is 7.53. The maximum Gasteiger partial charge on any atom is 0.316 e. The molecule has 1 N–H and O–H groups in total. The minimum absolute atomic E-state index is 0.0345. The average molecular weight is 516 g/mol. The Labute approximate surface area is 217 Å². The molecule has 0 saturated carbocycles. The van der Waals surface area contributed by atoms with Gasteiger partial charge in [-0.3, -0.25) is 19.2 Å². The number of nitrogens with one attached hydrogen (secondary N) is 1. The second-order valence-corrected chi connectivity index (χ2v) is 7.93. The normalized spacial score (nSPS) is 12.6. The number of benzene rings is 2. The zero-order valence-corrected chi connectivity index (χ0v) is 20.6. The van der Waals surface area contributed by atoms with Crippen LogP contribution in [-0.4, -0.2) is 38.1 Å². The fourth-order valence-corrected chi connectivity index (χ4v) is 3.87. The molecule has 1 aliphatic heterocycles. The van der Waals surface area contributed by atoms with Crippen molar-refractivity contribution in [1.82, 2.24) is 19.7 Å². The lowest BCUT2D eigenvalue weighted by atomic mass is 10.1. The van der Waals surface area contributed by atoms with E-state index in [2.05, 4.69) is 20.4 Å². The highest BCUT2D eigenvalue weighted by Crippen LogP contribution is 2.34. The molecule has 0 fully saturated rings. The van der Waals surface area contributed by atoms with Crippen molar-refractivity contribution in [2.75, 3.05) is 16.8 Å². The van der Waals surface area contributed by atoms with E-state index < -0.39 is 23.4 Å². The van der Waals surface area contributed by atoms with Gasteiger partial charge in [-0.1, -0.05) is 50.2 Å². The molecule has 2 aromatic heterocycles. The van der Waals surface area contributed by atoms with Crippen LogP contribution in [-0.2, 0) is 12.5 Å². The molecule has 11 heteroatoms. The van der Waals surface area contributed by atoms with E-state index in [9.17, 15) is 18.4 Å². The predicted octanol–water partition coefficient (Wildman–Crippen LogP) is 4.62. The zero-order valence-electron chi connectivity index (χ0n) is 20.6. The Balaban J connectivity index is 0.00000164. The van der Waals surface area contributed by atoms with Crippen LogP contribution in [0.15, 0.2) is 73.2 Å². The van der Waals surface area contributed by atoms with Gasteiger partial charge in [0.25, 0.3) is 11.8 Å². The van der Waals surface area contributed by atoms with Crippen molar-refractivity contribution >= 4 is 23.3 Å². The van der Waals surface area contributed by atoms with E-state index in [-0.39, 0.29) is 35.7 Å². The topological polar surface area (TPSA) is 117 Å². The fourth-order valence-electron chi connectivity index (χ4n) is 3.87. The first-order valence-electron chi connectivity index (χ1n) is 11.8. The fraction of sp³-hybridized carbons (Fsp3) is 0.185.